The molecule has 1 saturated heterocycles. The summed E-state index contributed by atoms with van der Waals surface area (Å²) >= 11 is 0. The van der Waals surface area contributed by atoms with Crippen molar-refractivity contribution in [1.29, 1.82) is 0 Å². The van der Waals surface area contributed by atoms with E-state index in [9.17, 15) is 9.59 Å². The minimum Gasteiger partial charge on any atom is -0.493 e. The Kier molecular flexibility index (Phi) is 4.99. The van der Waals surface area contributed by atoms with Crippen molar-refractivity contribution in [1.82, 2.24) is 4.90 Å². The number of hydrogen-bond acceptors (Lipinski definition) is 5. The second-order valence-corrected chi connectivity index (χ2v) is 4.48. The van der Waals surface area contributed by atoms with Crippen LogP contribution < -0.4 is 15.2 Å². The predicted molar refractivity (Wildman–Crippen MR) is 74.4 cm³/mol. The average Bonchev–Trinajstić information content (AvgIpc) is 2.52. The monoisotopic (exact) mass is 294 g/mol. The highest BCUT2D eigenvalue weighted by Gasteiger charge is 2.20. The van der Waals surface area contributed by atoms with Gasteiger partial charge in [-0.2, -0.15) is 0 Å². The van der Waals surface area contributed by atoms with Gasteiger partial charge in [-0.05, 0) is 12.1 Å². The molecule has 0 spiro atoms. The Morgan fingerprint density at radius 3 is 2.67 bits per heavy atom. The summed E-state index contributed by atoms with van der Waals surface area (Å²) in [5, 5.41) is 0. The lowest BCUT2D eigenvalue weighted by Crippen LogP contribution is -2.43. The van der Waals surface area contributed by atoms with Crippen LogP contribution in [0.25, 0.3) is 0 Å². The van der Waals surface area contributed by atoms with E-state index in [-0.39, 0.29) is 23.8 Å². The second-order valence-electron chi connectivity index (χ2n) is 4.48. The molecule has 0 unspecified atom stereocenters. The van der Waals surface area contributed by atoms with Crippen molar-refractivity contribution in [2.75, 3.05) is 40.0 Å². The van der Waals surface area contributed by atoms with Crippen LogP contribution in [0, 0.1) is 0 Å². The highest BCUT2D eigenvalue weighted by Crippen LogP contribution is 2.30. The first-order valence-electron chi connectivity index (χ1n) is 6.58. The summed E-state index contributed by atoms with van der Waals surface area (Å²) in [5.74, 6) is -0.252. The normalized spacial score (nSPS) is 14.6. The molecule has 0 bridgehead atoms. The Labute approximate surface area is 122 Å². The zero-order valence-corrected chi connectivity index (χ0v) is 11.8. The summed E-state index contributed by atoms with van der Waals surface area (Å²) in [6.07, 6.45) is 0. The summed E-state index contributed by atoms with van der Waals surface area (Å²) in [4.78, 5) is 25.1. The van der Waals surface area contributed by atoms with Crippen molar-refractivity contribution in [3.05, 3.63) is 23.8 Å². The molecule has 0 aromatic heterocycles. The highest BCUT2D eigenvalue weighted by molar-refractivity contribution is 5.96. The third-order valence-electron chi connectivity index (χ3n) is 3.17. The van der Waals surface area contributed by atoms with Crippen molar-refractivity contribution in [2.45, 2.75) is 0 Å². The number of morpholine rings is 1. The fourth-order valence-electron chi connectivity index (χ4n) is 2.06. The van der Waals surface area contributed by atoms with Crippen LogP contribution >= 0.6 is 0 Å². The van der Waals surface area contributed by atoms with Crippen molar-refractivity contribution in [2.24, 2.45) is 5.73 Å². The van der Waals surface area contributed by atoms with Gasteiger partial charge in [0.1, 0.15) is 0 Å². The zero-order chi connectivity index (χ0) is 15.2. The molecule has 0 atom stereocenters. The van der Waals surface area contributed by atoms with Crippen LogP contribution in [0.5, 0.6) is 11.5 Å². The van der Waals surface area contributed by atoms with E-state index < -0.39 is 5.91 Å². The van der Waals surface area contributed by atoms with Crippen molar-refractivity contribution in [3.63, 3.8) is 0 Å². The summed E-state index contributed by atoms with van der Waals surface area (Å²) in [6.45, 7) is 1.94. The molecule has 1 aromatic carbocycles. The lowest BCUT2D eigenvalue weighted by molar-refractivity contribution is -0.137. The summed E-state index contributed by atoms with van der Waals surface area (Å²) in [7, 11) is 1.46. The van der Waals surface area contributed by atoms with Gasteiger partial charge in [-0.3, -0.25) is 9.59 Å². The van der Waals surface area contributed by atoms with Gasteiger partial charge < -0.3 is 24.8 Å². The predicted octanol–water partition coefficient (Wildman–Crippen LogP) is 0.0317. The number of rotatable bonds is 5. The molecule has 2 N–H and O–H groups in total. The van der Waals surface area contributed by atoms with Gasteiger partial charge in [0.15, 0.2) is 18.1 Å². The first-order chi connectivity index (χ1) is 10.1. The number of carbonyl (C=O) groups excluding carboxylic acids is 2. The number of hydrogen-bond donors (Lipinski definition) is 1. The number of nitrogens with zero attached hydrogens (tertiary/aromatic N) is 1. The third kappa shape index (κ3) is 3.63. The van der Waals surface area contributed by atoms with Crippen LogP contribution in [0.15, 0.2) is 18.2 Å². The van der Waals surface area contributed by atoms with E-state index in [1.165, 1.54) is 13.2 Å². The third-order valence-corrected chi connectivity index (χ3v) is 3.17. The molecule has 2 rings (SSSR count). The van der Waals surface area contributed by atoms with Crippen LogP contribution in [0.3, 0.4) is 0 Å². The van der Waals surface area contributed by atoms with Crippen molar-refractivity contribution in [3.8, 4) is 11.5 Å². The maximum atomic E-state index is 12.0. The molecule has 114 valence electrons. The van der Waals surface area contributed by atoms with Gasteiger partial charge in [0.05, 0.1) is 25.9 Å². The number of ether oxygens (including phenoxy) is 3. The second kappa shape index (κ2) is 6.94. The summed E-state index contributed by atoms with van der Waals surface area (Å²) in [5.41, 5.74) is 5.49. The SMILES string of the molecule is COc1cccc(C(N)=O)c1OCC(=O)N1CCOCC1. The first kappa shape index (κ1) is 15.1. The van der Waals surface area contributed by atoms with E-state index in [2.05, 4.69) is 0 Å². The van der Waals surface area contributed by atoms with E-state index in [0.29, 0.717) is 32.1 Å². The molecule has 1 aliphatic heterocycles. The van der Waals surface area contributed by atoms with E-state index in [1.807, 2.05) is 0 Å². The van der Waals surface area contributed by atoms with E-state index in [1.54, 1.807) is 17.0 Å². The summed E-state index contributed by atoms with van der Waals surface area (Å²) in [6, 6.07) is 4.80. The number of primary amides is 1. The molecule has 0 saturated carbocycles. The van der Waals surface area contributed by atoms with Crippen LogP contribution in [0.4, 0.5) is 0 Å². The zero-order valence-electron chi connectivity index (χ0n) is 11.8. The van der Waals surface area contributed by atoms with Gasteiger partial charge in [-0.15, -0.1) is 0 Å². The number of amides is 2. The van der Waals surface area contributed by atoms with E-state index >= 15 is 0 Å². The van der Waals surface area contributed by atoms with Gasteiger partial charge >= 0.3 is 0 Å². The average molecular weight is 294 g/mol. The van der Waals surface area contributed by atoms with Crippen molar-refractivity contribution >= 4 is 11.8 Å². The Balaban J connectivity index is 2.08. The standard InChI is InChI=1S/C14H18N2O5/c1-19-11-4-2-3-10(14(15)18)13(11)21-9-12(17)16-5-7-20-8-6-16/h2-4H,5-9H2,1H3,(H2,15,18). The molecule has 21 heavy (non-hydrogen) atoms. The Hall–Kier alpha value is -2.28. The van der Waals surface area contributed by atoms with Gasteiger partial charge in [0.2, 0.25) is 0 Å². The number of para-hydroxylation sites is 1. The smallest absolute Gasteiger partial charge is 0.260 e. The Morgan fingerprint density at radius 1 is 1.33 bits per heavy atom. The van der Waals surface area contributed by atoms with E-state index in [0.717, 1.165) is 0 Å². The molecule has 0 aliphatic carbocycles. The largest absolute Gasteiger partial charge is 0.493 e. The number of carbonyl (C=O) groups is 2. The molecule has 1 heterocycles. The van der Waals surface area contributed by atoms with Crippen LogP contribution in [0.2, 0.25) is 0 Å². The fraction of sp³-hybridized carbons (Fsp3) is 0.429. The lowest BCUT2D eigenvalue weighted by Gasteiger charge is -2.27. The highest BCUT2D eigenvalue weighted by atomic mass is 16.5. The molecular weight excluding hydrogens is 276 g/mol. The van der Waals surface area contributed by atoms with Gasteiger partial charge in [0.25, 0.3) is 11.8 Å². The number of benzene rings is 1. The van der Waals surface area contributed by atoms with Crippen LogP contribution in [0.1, 0.15) is 10.4 Å². The lowest BCUT2D eigenvalue weighted by atomic mass is 10.2. The molecule has 7 heteroatoms. The molecule has 7 nitrogen and oxygen atoms in total. The molecule has 2 amide bonds. The van der Waals surface area contributed by atoms with Crippen LogP contribution in [-0.2, 0) is 9.53 Å². The fourth-order valence-corrected chi connectivity index (χ4v) is 2.06. The molecule has 1 aliphatic rings. The van der Waals surface area contributed by atoms with E-state index in [4.69, 9.17) is 19.9 Å². The number of nitrogens with two attached hydrogens (primary N) is 1. The van der Waals surface area contributed by atoms with Gasteiger partial charge in [0, 0.05) is 13.1 Å². The Bertz CT molecular complexity index is 526. The maximum Gasteiger partial charge on any atom is 0.260 e. The molecule has 0 radical (unpaired) electrons. The number of methoxy groups -OCH3 is 1. The minimum atomic E-state index is -0.636. The van der Waals surface area contributed by atoms with Gasteiger partial charge in [-0.1, -0.05) is 6.07 Å². The topological polar surface area (TPSA) is 91.1 Å². The quantitative estimate of drug-likeness (QED) is 0.827. The van der Waals surface area contributed by atoms with Gasteiger partial charge in [-0.25, -0.2) is 0 Å². The first-order valence-corrected chi connectivity index (χ1v) is 6.58. The molecule has 1 aromatic rings. The van der Waals surface area contributed by atoms with Crippen molar-refractivity contribution < 1.29 is 23.8 Å². The maximum absolute atomic E-state index is 12.0. The Morgan fingerprint density at radius 2 is 2.05 bits per heavy atom. The molecule has 1 fully saturated rings. The summed E-state index contributed by atoms with van der Waals surface area (Å²) < 4.78 is 15.8. The molecular formula is C14H18N2O5. The minimum absolute atomic E-state index is 0.167. The van der Waals surface area contributed by atoms with Crippen LogP contribution in [-0.4, -0.2) is 56.7 Å².